The molecule has 5 nitrogen and oxygen atoms in total. The van der Waals surface area contributed by atoms with Gasteiger partial charge in [-0.25, -0.2) is 0 Å². The van der Waals surface area contributed by atoms with Crippen LogP contribution in [-0.2, 0) is 0 Å². The topological polar surface area (TPSA) is 42.0 Å². The van der Waals surface area contributed by atoms with Crippen molar-refractivity contribution in [1.82, 2.24) is 9.80 Å². The largest absolute Gasteiger partial charge is 0.486 e. The van der Waals surface area contributed by atoms with Crippen LogP contribution in [0.1, 0.15) is 42.5 Å². The van der Waals surface area contributed by atoms with E-state index in [0.717, 1.165) is 38.0 Å². The molecule has 2 aliphatic heterocycles. The summed E-state index contributed by atoms with van der Waals surface area (Å²) in [6.45, 7) is 4.77. The van der Waals surface area contributed by atoms with E-state index in [0.29, 0.717) is 24.5 Å². The van der Waals surface area contributed by atoms with Gasteiger partial charge in [0.25, 0.3) is 5.91 Å². The molecule has 0 bridgehead atoms. The molecule has 2 heterocycles. The number of fused-ring (bicyclic) bond motifs is 1. The molecule has 0 aromatic heterocycles. The van der Waals surface area contributed by atoms with Gasteiger partial charge in [0.2, 0.25) is 0 Å². The van der Waals surface area contributed by atoms with E-state index in [-0.39, 0.29) is 5.91 Å². The first-order valence-electron chi connectivity index (χ1n) is 9.24. The van der Waals surface area contributed by atoms with E-state index in [9.17, 15) is 4.79 Å². The van der Waals surface area contributed by atoms with Crippen molar-refractivity contribution in [3.05, 3.63) is 23.8 Å². The van der Waals surface area contributed by atoms with E-state index < -0.39 is 0 Å². The molecule has 0 radical (unpaired) electrons. The van der Waals surface area contributed by atoms with Gasteiger partial charge in [-0.1, -0.05) is 19.3 Å². The van der Waals surface area contributed by atoms with Crippen LogP contribution in [0.2, 0.25) is 0 Å². The summed E-state index contributed by atoms with van der Waals surface area (Å²) < 4.78 is 11.1. The number of hydrogen-bond donors (Lipinski definition) is 0. The Morgan fingerprint density at radius 2 is 1.62 bits per heavy atom. The zero-order valence-corrected chi connectivity index (χ0v) is 14.2. The van der Waals surface area contributed by atoms with Gasteiger partial charge in [-0.05, 0) is 31.0 Å². The SMILES string of the molecule is O=C(c1ccc2c(c1)OCCO2)N1CCN(C2CCCCC2)CC1. The van der Waals surface area contributed by atoms with Crippen molar-refractivity contribution in [2.45, 2.75) is 38.1 Å². The van der Waals surface area contributed by atoms with Gasteiger partial charge in [0.1, 0.15) is 13.2 Å². The van der Waals surface area contributed by atoms with Gasteiger partial charge in [0.05, 0.1) is 0 Å². The first-order chi connectivity index (χ1) is 11.8. The Bertz CT molecular complexity index is 590. The first-order valence-corrected chi connectivity index (χ1v) is 9.24. The van der Waals surface area contributed by atoms with Crippen LogP contribution in [0, 0.1) is 0 Å². The molecule has 2 fully saturated rings. The molecule has 1 amide bonds. The van der Waals surface area contributed by atoms with Gasteiger partial charge in [0, 0.05) is 37.8 Å². The molecule has 1 aromatic carbocycles. The van der Waals surface area contributed by atoms with Gasteiger partial charge in [-0.15, -0.1) is 0 Å². The summed E-state index contributed by atoms with van der Waals surface area (Å²) in [4.78, 5) is 17.3. The molecule has 1 saturated heterocycles. The normalized spacial score (nSPS) is 22.4. The molecule has 1 aromatic rings. The first kappa shape index (κ1) is 15.8. The van der Waals surface area contributed by atoms with Crippen molar-refractivity contribution in [2.24, 2.45) is 0 Å². The number of ether oxygens (including phenoxy) is 2. The molecule has 24 heavy (non-hydrogen) atoms. The highest BCUT2D eigenvalue weighted by molar-refractivity contribution is 5.95. The Morgan fingerprint density at radius 3 is 2.38 bits per heavy atom. The third-order valence-corrected chi connectivity index (χ3v) is 5.48. The number of rotatable bonds is 2. The fourth-order valence-corrected chi connectivity index (χ4v) is 4.10. The number of amides is 1. The van der Waals surface area contributed by atoms with Crippen LogP contribution in [0.4, 0.5) is 0 Å². The lowest BCUT2D eigenvalue weighted by Gasteiger charge is -2.40. The number of nitrogens with zero attached hydrogens (tertiary/aromatic N) is 2. The summed E-state index contributed by atoms with van der Waals surface area (Å²) >= 11 is 0. The van der Waals surface area contributed by atoms with Gasteiger partial charge >= 0.3 is 0 Å². The standard InChI is InChI=1S/C19H26N2O3/c22-19(15-6-7-17-18(14-15)24-13-12-23-17)21-10-8-20(9-11-21)16-4-2-1-3-5-16/h6-7,14,16H,1-5,8-13H2. The van der Waals surface area contributed by atoms with Gasteiger partial charge < -0.3 is 14.4 Å². The summed E-state index contributed by atoms with van der Waals surface area (Å²) in [5, 5.41) is 0. The van der Waals surface area contributed by atoms with E-state index in [1.165, 1.54) is 32.1 Å². The van der Waals surface area contributed by atoms with Crippen molar-refractivity contribution < 1.29 is 14.3 Å². The van der Waals surface area contributed by atoms with Crippen LogP contribution in [0.3, 0.4) is 0 Å². The van der Waals surface area contributed by atoms with Crippen LogP contribution in [0.25, 0.3) is 0 Å². The second kappa shape index (κ2) is 7.01. The number of hydrogen-bond acceptors (Lipinski definition) is 4. The molecule has 5 heteroatoms. The Morgan fingerprint density at radius 1 is 0.917 bits per heavy atom. The average Bonchev–Trinajstić information content (AvgIpc) is 2.68. The van der Waals surface area contributed by atoms with Crippen molar-refractivity contribution in [1.29, 1.82) is 0 Å². The molecule has 0 unspecified atom stereocenters. The van der Waals surface area contributed by atoms with Gasteiger partial charge in [-0.2, -0.15) is 0 Å². The molecular weight excluding hydrogens is 304 g/mol. The summed E-state index contributed by atoms with van der Waals surface area (Å²) in [6.07, 6.45) is 6.77. The Hall–Kier alpha value is -1.75. The maximum absolute atomic E-state index is 12.8. The zero-order valence-electron chi connectivity index (χ0n) is 14.2. The minimum Gasteiger partial charge on any atom is -0.486 e. The summed E-state index contributed by atoms with van der Waals surface area (Å²) in [5.41, 5.74) is 0.699. The second-order valence-electron chi connectivity index (χ2n) is 6.98. The molecule has 0 spiro atoms. The van der Waals surface area contributed by atoms with E-state index in [1.54, 1.807) is 0 Å². The molecule has 4 rings (SSSR count). The maximum Gasteiger partial charge on any atom is 0.254 e. The van der Waals surface area contributed by atoms with E-state index in [4.69, 9.17) is 9.47 Å². The van der Waals surface area contributed by atoms with E-state index in [2.05, 4.69) is 4.90 Å². The third-order valence-electron chi connectivity index (χ3n) is 5.48. The number of carbonyl (C=O) groups is 1. The van der Waals surface area contributed by atoms with Crippen molar-refractivity contribution >= 4 is 5.91 Å². The highest BCUT2D eigenvalue weighted by Crippen LogP contribution is 2.31. The molecule has 130 valence electrons. The smallest absolute Gasteiger partial charge is 0.254 e. The average molecular weight is 330 g/mol. The molecule has 0 atom stereocenters. The van der Waals surface area contributed by atoms with Crippen molar-refractivity contribution in [2.75, 3.05) is 39.4 Å². The second-order valence-corrected chi connectivity index (χ2v) is 6.98. The van der Waals surface area contributed by atoms with Crippen LogP contribution in [-0.4, -0.2) is 61.1 Å². The fourth-order valence-electron chi connectivity index (χ4n) is 4.10. The lowest BCUT2D eigenvalue weighted by atomic mass is 9.94. The quantitative estimate of drug-likeness (QED) is 0.836. The number of carbonyl (C=O) groups excluding carboxylic acids is 1. The molecule has 3 aliphatic rings. The summed E-state index contributed by atoms with van der Waals surface area (Å²) in [7, 11) is 0. The van der Waals surface area contributed by atoms with E-state index in [1.807, 2.05) is 23.1 Å². The molecule has 1 saturated carbocycles. The molecule has 0 N–H and O–H groups in total. The molecule has 1 aliphatic carbocycles. The van der Waals surface area contributed by atoms with E-state index >= 15 is 0 Å². The lowest BCUT2D eigenvalue weighted by Crippen LogP contribution is -2.52. The highest BCUT2D eigenvalue weighted by Gasteiger charge is 2.28. The Balaban J connectivity index is 1.37. The molecular formula is C19H26N2O3. The van der Waals surface area contributed by atoms with Crippen LogP contribution in [0.15, 0.2) is 18.2 Å². The van der Waals surface area contributed by atoms with Crippen LogP contribution < -0.4 is 9.47 Å². The Kier molecular flexibility index (Phi) is 4.60. The number of benzene rings is 1. The van der Waals surface area contributed by atoms with Crippen LogP contribution in [0.5, 0.6) is 11.5 Å². The highest BCUT2D eigenvalue weighted by atomic mass is 16.6. The monoisotopic (exact) mass is 330 g/mol. The number of piperazine rings is 1. The van der Waals surface area contributed by atoms with Crippen molar-refractivity contribution in [3.63, 3.8) is 0 Å². The predicted octanol–water partition coefficient (Wildman–Crippen LogP) is 2.55. The fraction of sp³-hybridized carbons (Fsp3) is 0.632. The minimum atomic E-state index is 0.107. The van der Waals surface area contributed by atoms with Crippen LogP contribution >= 0.6 is 0 Å². The predicted molar refractivity (Wildman–Crippen MR) is 91.8 cm³/mol. The maximum atomic E-state index is 12.8. The summed E-state index contributed by atoms with van der Waals surface area (Å²) in [5.74, 6) is 1.53. The van der Waals surface area contributed by atoms with Gasteiger partial charge in [-0.3, -0.25) is 9.69 Å². The third kappa shape index (κ3) is 3.22. The minimum absolute atomic E-state index is 0.107. The lowest BCUT2D eigenvalue weighted by molar-refractivity contribution is 0.0522. The Labute approximate surface area is 143 Å². The summed E-state index contributed by atoms with van der Waals surface area (Å²) in [6, 6.07) is 6.26. The van der Waals surface area contributed by atoms with Crippen molar-refractivity contribution in [3.8, 4) is 11.5 Å². The van der Waals surface area contributed by atoms with Gasteiger partial charge in [0.15, 0.2) is 11.5 Å². The zero-order chi connectivity index (χ0) is 16.4.